The fraction of sp³-hybridized carbons (Fsp3) is 0.507. The number of aliphatic hydroxyl groups is 1. The molecule has 1 spiro atoms. The standard InChI is InChI=1S/C69H86N12O20S/c1-38-63(95)81-32-12-15-51(81)66(98)80-31-11-13-49(80)60(92)75-47(23-25-57(88)89)64(96)78(36-54(70)85)29-9-5-3-4-8-28-77(37-55(86)74-48(24-26-58(90)91)65(97)79-30-10-14-50(79)61(93)76-59(39(2)82)62(94)72-38)56(87)16-6-7-27-71-68(102)73-40-17-20-43-46(33-40)69(101-67(43)99)44-21-18-41(83)34-52(44)100-53-35-42(84)19-22-45(53)69/h5,9,17-22,33-35,38-39,47-51,59,82-84H,3-4,6-8,10-16,23-32,36-37H2,1-2H3,(H2,70,85)(H,72,94)(H,74,86)(H,75,92)(H,76,93)(H,88,89)(H,90,91)(H2,71,73,102)/b9-5-/t38-,39+,47-,48-,49-,50-,51-,59-/m0/s1. The summed E-state index contributed by atoms with van der Waals surface area (Å²) in [7, 11) is 0. The van der Waals surface area contributed by atoms with Crippen molar-refractivity contribution < 1.29 is 97.3 Å². The Hall–Kier alpha value is -10.4. The lowest BCUT2D eigenvalue weighted by molar-refractivity contribution is -0.148. The second-order valence-electron chi connectivity index (χ2n) is 26.2. The third-order valence-electron chi connectivity index (χ3n) is 18.9. The smallest absolute Gasteiger partial charge is 0.340 e. The number of aliphatic carboxylic acids is 2. The van der Waals surface area contributed by atoms with Crippen LogP contribution in [-0.2, 0) is 67.9 Å². The number of carboxylic acid groups (broad SMARTS) is 2. The molecule has 3 aromatic rings. The Balaban J connectivity index is 0.905. The Kier molecular flexibility index (Phi) is 25.1. The lowest BCUT2D eigenvalue weighted by Gasteiger charge is -2.36. The molecule has 33 heteroatoms. The summed E-state index contributed by atoms with van der Waals surface area (Å²) in [6.45, 7) is 1.50. The van der Waals surface area contributed by atoms with Crippen LogP contribution in [0.5, 0.6) is 23.0 Å². The fourth-order valence-electron chi connectivity index (χ4n) is 13.8. The zero-order chi connectivity index (χ0) is 73.7. The third kappa shape index (κ3) is 18.0. The molecular formula is C69H86N12O20S. The van der Waals surface area contributed by atoms with Gasteiger partial charge in [0.15, 0.2) is 10.7 Å². The number of carbonyl (C=O) groups is 13. The molecule has 0 aliphatic carbocycles. The number of fused-ring (bicyclic) bond motifs is 9. The summed E-state index contributed by atoms with van der Waals surface area (Å²) in [5, 5.41) is 67.7. The van der Waals surface area contributed by atoms with Crippen molar-refractivity contribution in [3.8, 4) is 23.0 Å². The van der Waals surface area contributed by atoms with Crippen molar-refractivity contribution in [1.82, 2.24) is 51.1 Å². The largest absolute Gasteiger partial charge is 0.508 e. The number of aromatic hydroxyl groups is 2. The van der Waals surface area contributed by atoms with Crippen molar-refractivity contribution in [3.63, 3.8) is 0 Å². The number of allylic oxidation sites excluding steroid dienone is 1. The Morgan fingerprint density at radius 3 is 1.85 bits per heavy atom. The van der Waals surface area contributed by atoms with Gasteiger partial charge in [0.2, 0.25) is 59.1 Å². The molecule has 3 aromatic carbocycles. The number of amides is 10. The average molecular weight is 1440 g/mol. The number of esters is 1. The number of ether oxygens (including phenoxy) is 2. The highest BCUT2D eigenvalue weighted by Crippen LogP contribution is 2.57. The molecule has 3 fully saturated rings. The number of rotatable bonds is 15. The van der Waals surface area contributed by atoms with Crippen molar-refractivity contribution >= 4 is 100.0 Å². The highest BCUT2D eigenvalue weighted by Gasteiger charge is 2.54. The van der Waals surface area contributed by atoms with Gasteiger partial charge < -0.3 is 97.1 Å². The van der Waals surface area contributed by atoms with E-state index in [-0.39, 0.29) is 118 Å². The number of primary amides is 1. The number of carbonyl (C=O) groups excluding carboxylic acids is 11. The quantitative estimate of drug-likeness (QED) is 0.0438. The molecule has 10 amide bonds. The monoisotopic (exact) mass is 1430 g/mol. The molecular weight excluding hydrogens is 1350 g/mol. The number of aliphatic hydroxyl groups excluding tert-OH is 1. The highest BCUT2D eigenvalue weighted by molar-refractivity contribution is 7.80. The van der Waals surface area contributed by atoms with E-state index in [1.165, 1.54) is 52.8 Å². The van der Waals surface area contributed by atoms with Crippen LogP contribution >= 0.6 is 12.2 Å². The summed E-state index contributed by atoms with van der Waals surface area (Å²) in [5.74, 6) is -10.9. The minimum Gasteiger partial charge on any atom is -0.508 e. The molecule has 6 heterocycles. The number of unbranched alkanes of at least 4 members (excludes halogenated alkanes) is 1. The molecule has 6 aliphatic heterocycles. The van der Waals surface area contributed by atoms with E-state index in [9.17, 15) is 87.9 Å². The molecule has 0 aromatic heterocycles. The van der Waals surface area contributed by atoms with Crippen molar-refractivity contribution in [2.45, 2.75) is 171 Å². The van der Waals surface area contributed by atoms with E-state index in [2.05, 4.69) is 31.9 Å². The number of phenolic OH excluding ortho intramolecular Hbond substituents is 2. The first-order valence-corrected chi connectivity index (χ1v) is 34.6. The fourth-order valence-corrected chi connectivity index (χ4v) is 14.0. The van der Waals surface area contributed by atoms with Gasteiger partial charge in [-0.05, 0) is 152 Å². The van der Waals surface area contributed by atoms with Gasteiger partial charge in [0, 0.05) is 93.0 Å². The zero-order valence-electron chi connectivity index (χ0n) is 56.5. The van der Waals surface area contributed by atoms with Crippen LogP contribution < -0.4 is 42.4 Å². The van der Waals surface area contributed by atoms with E-state index in [1.54, 1.807) is 42.5 Å². The summed E-state index contributed by atoms with van der Waals surface area (Å²) >= 11 is 5.67. The van der Waals surface area contributed by atoms with Gasteiger partial charge >= 0.3 is 17.9 Å². The molecule has 6 aliphatic rings. The van der Waals surface area contributed by atoms with Crippen LogP contribution in [0.2, 0.25) is 0 Å². The number of nitrogens with zero attached hydrogens (tertiary/aromatic N) is 5. The van der Waals surface area contributed by atoms with Crippen LogP contribution in [0.3, 0.4) is 0 Å². The summed E-state index contributed by atoms with van der Waals surface area (Å²) in [5.41, 5.74) is 6.03. The Morgan fingerprint density at radius 2 is 1.25 bits per heavy atom. The molecule has 3 saturated heterocycles. The van der Waals surface area contributed by atoms with Crippen molar-refractivity contribution in [3.05, 3.63) is 89.0 Å². The Bertz CT molecular complexity index is 3760. The number of benzene rings is 3. The van der Waals surface area contributed by atoms with Crippen LogP contribution in [0, 0.1) is 0 Å². The van der Waals surface area contributed by atoms with Gasteiger partial charge in [-0.3, -0.25) is 57.5 Å². The lowest BCUT2D eigenvalue weighted by atomic mass is 9.77. The number of hydrogen-bond donors (Lipinski definition) is 12. The maximum atomic E-state index is 14.5. The van der Waals surface area contributed by atoms with E-state index in [4.69, 9.17) is 27.4 Å². The second kappa shape index (κ2) is 33.8. The minimum absolute atomic E-state index is 0.00651. The van der Waals surface area contributed by atoms with Gasteiger partial charge in [0.25, 0.3) is 0 Å². The summed E-state index contributed by atoms with van der Waals surface area (Å²) in [6, 6.07) is 4.12. The molecule has 9 rings (SSSR count). The molecule has 13 N–H and O–H groups in total. The predicted molar refractivity (Wildman–Crippen MR) is 364 cm³/mol. The SMILES string of the molecule is C[C@@H]1NC(=O)[C@H]([C@@H](C)O)NC(=O)[C@@H]2CCCN2C(=O)[C@H](CCC(=O)O)NC(=O)CN(C(=O)CCCCNC(=S)Nc2ccc3c(c2)C2(OC3=O)c3ccc(O)cc3Oc3cc(O)ccc32)CCCC/C=C\CN(CC(N)=O)C(=O)[C@H](CCC(=O)O)NC(=O)[C@@H]2CCCN2C(=O)[C@@H]2CCCN2C1=O. The Morgan fingerprint density at radius 1 is 0.657 bits per heavy atom. The number of thiocarbonyl (C=S) groups is 1. The van der Waals surface area contributed by atoms with E-state index in [0.717, 1.165) is 9.80 Å². The minimum atomic E-state index is -1.70. The van der Waals surface area contributed by atoms with E-state index < -0.39 is 170 Å². The lowest BCUT2D eigenvalue weighted by Crippen LogP contribution is -2.61. The van der Waals surface area contributed by atoms with Crippen LogP contribution in [0.4, 0.5) is 5.69 Å². The normalized spacial score (nSPS) is 23.8. The molecule has 0 radical (unpaired) electrons. The molecule has 8 atom stereocenters. The maximum absolute atomic E-state index is 14.5. The average Bonchev–Trinajstić information content (AvgIpc) is 1.48. The van der Waals surface area contributed by atoms with Crippen LogP contribution in [0.1, 0.15) is 144 Å². The van der Waals surface area contributed by atoms with E-state index in [1.807, 2.05) is 0 Å². The maximum Gasteiger partial charge on any atom is 0.340 e. The van der Waals surface area contributed by atoms with Crippen molar-refractivity contribution in [2.24, 2.45) is 5.73 Å². The van der Waals surface area contributed by atoms with Crippen LogP contribution in [0.15, 0.2) is 66.7 Å². The van der Waals surface area contributed by atoms with Gasteiger partial charge in [-0.2, -0.15) is 0 Å². The first-order valence-electron chi connectivity index (χ1n) is 34.2. The van der Waals surface area contributed by atoms with Gasteiger partial charge in [0.05, 0.1) is 24.8 Å². The Labute approximate surface area is 592 Å². The number of anilines is 1. The molecule has 0 saturated carbocycles. The first-order chi connectivity index (χ1) is 48.6. The van der Waals surface area contributed by atoms with Gasteiger partial charge in [-0.25, -0.2) is 4.79 Å². The number of nitrogens with two attached hydrogens (primary N) is 1. The number of nitrogens with one attached hydrogen (secondary N) is 6. The zero-order valence-corrected chi connectivity index (χ0v) is 57.3. The van der Waals surface area contributed by atoms with Gasteiger partial charge in [-0.1, -0.05) is 12.2 Å². The summed E-state index contributed by atoms with van der Waals surface area (Å²) in [4.78, 5) is 184. The summed E-state index contributed by atoms with van der Waals surface area (Å²) < 4.78 is 12.2. The number of carboxylic acids is 2. The van der Waals surface area contributed by atoms with Crippen molar-refractivity contribution in [2.75, 3.05) is 57.7 Å². The molecule has 548 valence electrons. The van der Waals surface area contributed by atoms with E-state index in [0.29, 0.717) is 54.5 Å². The van der Waals surface area contributed by atoms with Crippen LogP contribution in [-0.4, -0.2) is 233 Å². The molecule has 0 bridgehead atoms. The topological polar surface area (TPSA) is 456 Å². The second-order valence-corrected chi connectivity index (χ2v) is 26.6. The highest BCUT2D eigenvalue weighted by atomic mass is 32.1. The van der Waals surface area contributed by atoms with E-state index >= 15 is 0 Å². The summed E-state index contributed by atoms with van der Waals surface area (Å²) in [6.07, 6.45) is 2.59. The van der Waals surface area contributed by atoms with Crippen LogP contribution in [0.25, 0.3) is 0 Å². The number of hydrogen-bond acceptors (Lipinski definition) is 19. The third-order valence-corrected chi connectivity index (χ3v) is 19.1. The first kappa shape index (κ1) is 75.8. The predicted octanol–water partition coefficient (Wildman–Crippen LogP) is 1.05. The molecule has 32 nitrogen and oxygen atoms in total. The number of phenols is 2. The van der Waals surface area contributed by atoms with Gasteiger partial charge in [0.1, 0.15) is 65.3 Å². The van der Waals surface area contributed by atoms with Gasteiger partial charge in [-0.15, -0.1) is 0 Å². The van der Waals surface area contributed by atoms with Crippen molar-refractivity contribution in [1.29, 1.82) is 0 Å². The molecule has 102 heavy (non-hydrogen) atoms. The molecule has 0 unspecified atom stereocenters.